The SMILES string of the molecule is [CH2-]CNC(=O)c1ccc2[nH]c(O)c(C(C)=Nc3cnn(C4CCN(C(C)C)CC4)c3)c2c1.[CH3-].[U+2]. The average Bonchev–Trinajstić information content (AvgIpc) is 3.36. The van der Waals surface area contributed by atoms with Crippen molar-refractivity contribution in [1.82, 2.24) is 25.0 Å². The number of amides is 1. The third-order valence-corrected chi connectivity index (χ3v) is 6.18. The number of aromatic nitrogens is 3. The van der Waals surface area contributed by atoms with Gasteiger partial charge in [-0.25, -0.2) is 4.99 Å². The van der Waals surface area contributed by atoms with Gasteiger partial charge in [-0.3, -0.25) is 9.48 Å². The molecule has 1 fully saturated rings. The molecule has 0 saturated carbocycles. The number of aromatic amines is 1. The van der Waals surface area contributed by atoms with Gasteiger partial charge >= 0.3 is 31.1 Å². The molecule has 1 aliphatic heterocycles. The molecule has 1 amide bonds. The summed E-state index contributed by atoms with van der Waals surface area (Å²) >= 11 is 0. The number of rotatable bonds is 6. The second-order valence-corrected chi connectivity index (χ2v) is 8.60. The standard InChI is InChI=1S/C24H31N6O2.CH3.U/c1-5-25-23(31)17-6-7-21-20(12-17)22(24(32)28-21)16(4)27-18-13-26-30(14-18)19-8-10-29(11-9-19)15(2)3;;/h6-7,12-15,19,28,32H,1,5,8-11H2,2-4H3,(H,25,31);1H3;/q2*-1;+2. The topological polar surface area (TPSA) is 98.5 Å². The first-order chi connectivity index (χ1) is 15.4. The fourth-order valence-corrected chi connectivity index (χ4v) is 4.40. The van der Waals surface area contributed by atoms with Crippen LogP contribution >= 0.6 is 0 Å². The van der Waals surface area contributed by atoms with Crippen LogP contribution in [0.3, 0.4) is 0 Å². The number of carbonyl (C=O) groups excluding carboxylic acids is 1. The van der Waals surface area contributed by atoms with Crippen molar-refractivity contribution in [3.8, 4) is 5.88 Å². The molecule has 2 aromatic heterocycles. The minimum Gasteiger partial charge on any atom is -0.494 e. The predicted octanol–water partition coefficient (Wildman–Crippen LogP) is 4.27. The number of aromatic hydroxyl groups is 1. The number of hydrogen-bond donors (Lipinski definition) is 3. The summed E-state index contributed by atoms with van der Waals surface area (Å²) in [5.41, 5.74) is 3.23. The van der Waals surface area contributed by atoms with Crippen LogP contribution in [0.15, 0.2) is 35.6 Å². The molecule has 8 nitrogen and oxygen atoms in total. The smallest absolute Gasteiger partial charge is 0.494 e. The minimum absolute atomic E-state index is 0. The molecule has 1 saturated heterocycles. The molecule has 0 radical (unpaired) electrons. The van der Waals surface area contributed by atoms with Crippen LogP contribution in [0.1, 0.15) is 55.6 Å². The third kappa shape index (κ3) is 5.94. The maximum absolute atomic E-state index is 12.2. The van der Waals surface area contributed by atoms with E-state index in [9.17, 15) is 9.90 Å². The first kappa shape index (κ1) is 28.2. The van der Waals surface area contributed by atoms with Crippen LogP contribution in [0.2, 0.25) is 0 Å². The number of H-pyrrole nitrogens is 1. The summed E-state index contributed by atoms with van der Waals surface area (Å²) in [6.07, 6.45) is 5.88. The molecular formula is C25H34N6O2U. The summed E-state index contributed by atoms with van der Waals surface area (Å²) in [5.74, 6) is -0.169. The van der Waals surface area contributed by atoms with Crippen LogP contribution < -0.4 is 5.32 Å². The Morgan fingerprint density at radius 2 is 2.06 bits per heavy atom. The minimum atomic E-state index is -0.201. The van der Waals surface area contributed by atoms with Gasteiger partial charge in [-0.05, 0) is 51.8 Å². The summed E-state index contributed by atoms with van der Waals surface area (Å²) < 4.78 is 2.01. The summed E-state index contributed by atoms with van der Waals surface area (Å²) in [6.45, 7) is 12.4. The average molecular weight is 689 g/mol. The van der Waals surface area contributed by atoms with E-state index in [0.29, 0.717) is 35.5 Å². The van der Waals surface area contributed by atoms with Crippen LogP contribution in [0.5, 0.6) is 5.88 Å². The van der Waals surface area contributed by atoms with Gasteiger partial charge in [0.05, 0.1) is 29.7 Å². The first-order valence-corrected chi connectivity index (χ1v) is 11.1. The zero-order valence-electron chi connectivity index (χ0n) is 20.4. The zero-order valence-corrected chi connectivity index (χ0v) is 24.6. The van der Waals surface area contributed by atoms with Gasteiger partial charge in [0.15, 0.2) is 5.88 Å². The van der Waals surface area contributed by atoms with Crippen molar-refractivity contribution in [2.24, 2.45) is 4.99 Å². The molecule has 0 aliphatic carbocycles. The largest absolute Gasteiger partial charge is 2.00 e. The van der Waals surface area contributed by atoms with Crippen LogP contribution in [-0.4, -0.2) is 62.1 Å². The normalized spacial score (nSPS) is 15.3. The number of aliphatic imine (C=N–C) groups is 1. The van der Waals surface area contributed by atoms with E-state index in [1.807, 2.05) is 17.8 Å². The number of benzene rings is 1. The number of carbonyl (C=O) groups is 1. The van der Waals surface area contributed by atoms with Gasteiger partial charge in [0.25, 0.3) is 0 Å². The Morgan fingerprint density at radius 1 is 1.35 bits per heavy atom. The Balaban J connectivity index is 0.00000204. The number of piperidine rings is 1. The maximum atomic E-state index is 12.2. The van der Waals surface area contributed by atoms with Gasteiger partial charge < -0.3 is 34.7 Å². The van der Waals surface area contributed by atoms with E-state index in [1.165, 1.54) is 0 Å². The van der Waals surface area contributed by atoms with Gasteiger partial charge in [0.2, 0.25) is 5.91 Å². The van der Waals surface area contributed by atoms with Crippen molar-refractivity contribution >= 4 is 28.2 Å². The molecule has 0 bridgehead atoms. The molecule has 1 aromatic carbocycles. The Kier molecular flexibility index (Phi) is 9.99. The van der Waals surface area contributed by atoms with Crippen molar-refractivity contribution in [1.29, 1.82) is 0 Å². The number of nitrogens with zero attached hydrogens (tertiary/aromatic N) is 4. The van der Waals surface area contributed by atoms with E-state index in [4.69, 9.17) is 4.99 Å². The molecule has 4 rings (SSSR count). The van der Waals surface area contributed by atoms with Crippen molar-refractivity contribution < 1.29 is 41.0 Å². The van der Waals surface area contributed by atoms with Crippen molar-refractivity contribution in [2.75, 3.05) is 19.6 Å². The van der Waals surface area contributed by atoms with Crippen LogP contribution in [0.25, 0.3) is 10.9 Å². The van der Waals surface area contributed by atoms with Crippen LogP contribution in [-0.2, 0) is 0 Å². The Labute approximate surface area is 225 Å². The summed E-state index contributed by atoms with van der Waals surface area (Å²) in [7, 11) is 0. The summed E-state index contributed by atoms with van der Waals surface area (Å²) in [6, 6.07) is 6.21. The van der Waals surface area contributed by atoms with E-state index in [2.05, 4.69) is 41.1 Å². The second-order valence-electron chi connectivity index (χ2n) is 8.60. The number of fused-ring (bicyclic) bond motifs is 1. The predicted molar refractivity (Wildman–Crippen MR) is 133 cm³/mol. The van der Waals surface area contributed by atoms with Gasteiger partial charge in [-0.15, -0.1) is 6.54 Å². The van der Waals surface area contributed by atoms with Crippen LogP contribution in [0.4, 0.5) is 5.69 Å². The Morgan fingerprint density at radius 3 is 2.71 bits per heavy atom. The van der Waals surface area contributed by atoms with Gasteiger partial charge in [-0.2, -0.15) is 5.10 Å². The van der Waals surface area contributed by atoms with Crippen molar-refractivity contribution in [3.05, 3.63) is 56.1 Å². The van der Waals surface area contributed by atoms with Crippen LogP contribution in [0, 0.1) is 45.5 Å². The monoisotopic (exact) mass is 688 g/mol. The summed E-state index contributed by atoms with van der Waals surface area (Å²) in [4.78, 5) is 22.4. The van der Waals surface area contributed by atoms with E-state index < -0.39 is 0 Å². The van der Waals surface area contributed by atoms with E-state index >= 15 is 0 Å². The Bertz CT molecular complexity index is 1140. The van der Waals surface area contributed by atoms with Gasteiger partial charge in [0, 0.05) is 35.6 Å². The van der Waals surface area contributed by atoms with E-state index in [1.54, 1.807) is 24.4 Å². The number of hydrogen-bond acceptors (Lipinski definition) is 5. The quantitative estimate of drug-likeness (QED) is 0.266. The molecule has 0 atom stereocenters. The first-order valence-electron chi connectivity index (χ1n) is 11.1. The van der Waals surface area contributed by atoms with Crippen molar-refractivity contribution in [3.63, 3.8) is 0 Å². The number of likely N-dealkylation sites (tertiary alicyclic amines) is 1. The molecular weight excluding hydrogens is 654 g/mol. The Hall–Kier alpha value is -2.08. The molecule has 34 heavy (non-hydrogen) atoms. The zero-order chi connectivity index (χ0) is 22.8. The molecule has 0 unspecified atom stereocenters. The molecule has 9 heteroatoms. The second kappa shape index (κ2) is 12.1. The van der Waals surface area contributed by atoms with E-state index in [-0.39, 0.29) is 50.3 Å². The molecule has 180 valence electrons. The van der Waals surface area contributed by atoms with Gasteiger partial charge in [0.1, 0.15) is 5.69 Å². The molecule has 1 aliphatic rings. The molecule has 3 N–H and O–H groups in total. The maximum Gasteiger partial charge on any atom is 2.00 e. The molecule has 3 heterocycles. The fraction of sp³-hybridized carbons (Fsp3) is 0.400. The fourth-order valence-electron chi connectivity index (χ4n) is 4.40. The summed E-state index contributed by atoms with van der Waals surface area (Å²) in [5, 5.41) is 18.5. The van der Waals surface area contributed by atoms with Gasteiger partial charge in [-0.1, -0.05) is 0 Å². The third-order valence-electron chi connectivity index (χ3n) is 6.18. The van der Waals surface area contributed by atoms with E-state index in [0.717, 1.165) is 42.5 Å². The van der Waals surface area contributed by atoms with Crippen molar-refractivity contribution in [2.45, 2.75) is 45.7 Å². The number of nitrogens with one attached hydrogen (secondary N) is 2. The molecule has 3 aromatic rings. The molecule has 0 spiro atoms.